The first-order chi connectivity index (χ1) is 15.2. The molecule has 5 heteroatoms. The Morgan fingerprint density at radius 2 is 1.55 bits per heavy atom. The molecule has 3 aromatic carbocycles. The van der Waals surface area contributed by atoms with E-state index in [1.165, 1.54) is 0 Å². The van der Waals surface area contributed by atoms with E-state index in [9.17, 15) is 0 Å². The highest BCUT2D eigenvalue weighted by atomic mass is 16.5. The smallest absolute Gasteiger partial charge is 0.161 e. The molecule has 164 valence electrons. The third-order valence-corrected chi connectivity index (χ3v) is 4.99. The maximum atomic E-state index is 6.47. The van der Waals surface area contributed by atoms with Crippen LogP contribution in [0.2, 0.25) is 0 Å². The van der Waals surface area contributed by atoms with Crippen LogP contribution in [-0.4, -0.2) is 27.4 Å². The second-order valence-electron chi connectivity index (χ2n) is 7.33. The fourth-order valence-electron chi connectivity index (χ4n) is 3.27. The topological polar surface area (TPSA) is 62.9 Å². The van der Waals surface area contributed by atoms with Crippen molar-refractivity contribution in [2.45, 2.75) is 25.5 Å². The van der Waals surface area contributed by atoms with Gasteiger partial charge in [-0.3, -0.25) is 0 Å². The summed E-state index contributed by atoms with van der Waals surface area (Å²) in [5, 5.41) is 0. The van der Waals surface area contributed by atoms with E-state index < -0.39 is 0 Å². The highest BCUT2D eigenvalue weighted by Crippen LogP contribution is 2.30. The molecule has 0 bridgehead atoms. The molecule has 0 spiro atoms. The van der Waals surface area contributed by atoms with Gasteiger partial charge in [-0.15, -0.1) is 0 Å². The molecule has 0 fully saturated rings. The normalized spacial score (nSPS) is 11.7. The van der Waals surface area contributed by atoms with Crippen LogP contribution in [0.1, 0.15) is 29.2 Å². The first-order valence-electron chi connectivity index (χ1n) is 10.5. The fraction of sp³-hybridized carbons (Fsp3) is 0.308. The Kier molecular flexibility index (Phi) is 8.76. The minimum absolute atomic E-state index is 0.127. The molecule has 0 aromatic heterocycles. The van der Waals surface area contributed by atoms with Gasteiger partial charge in [0, 0.05) is 26.2 Å². The van der Waals surface area contributed by atoms with Crippen molar-refractivity contribution in [2.75, 3.05) is 27.4 Å². The molecule has 31 heavy (non-hydrogen) atoms. The van der Waals surface area contributed by atoms with E-state index in [2.05, 4.69) is 12.1 Å². The summed E-state index contributed by atoms with van der Waals surface area (Å²) in [6.45, 7) is 1.79. The van der Waals surface area contributed by atoms with E-state index in [1.807, 2.05) is 60.7 Å². The zero-order valence-electron chi connectivity index (χ0n) is 18.3. The van der Waals surface area contributed by atoms with Crippen LogP contribution in [0.25, 0.3) is 0 Å². The van der Waals surface area contributed by atoms with Crippen molar-refractivity contribution < 1.29 is 18.9 Å². The van der Waals surface area contributed by atoms with Gasteiger partial charge in [-0.05, 0) is 47.4 Å². The summed E-state index contributed by atoms with van der Waals surface area (Å²) in [5.74, 6) is 2.28. The van der Waals surface area contributed by atoms with Crippen molar-refractivity contribution >= 4 is 0 Å². The van der Waals surface area contributed by atoms with Gasteiger partial charge in [0.25, 0.3) is 0 Å². The van der Waals surface area contributed by atoms with Gasteiger partial charge in [-0.1, -0.05) is 48.5 Å². The first kappa shape index (κ1) is 22.7. The number of nitrogens with two attached hydrogens (primary N) is 1. The molecule has 1 atom stereocenters. The molecule has 0 heterocycles. The van der Waals surface area contributed by atoms with Gasteiger partial charge >= 0.3 is 0 Å². The number of hydrogen-bond donors (Lipinski definition) is 1. The summed E-state index contributed by atoms with van der Waals surface area (Å²) in [7, 11) is 3.33. The van der Waals surface area contributed by atoms with Gasteiger partial charge in [-0.25, -0.2) is 0 Å². The van der Waals surface area contributed by atoms with E-state index >= 15 is 0 Å². The molecule has 0 saturated heterocycles. The van der Waals surface area contributed by atoms with Crippen molar-refractivity contribution in [3.63, 3.8) is 0 Å². The molecule has 0 amide bonds. The molecular formula is C26H31NO4. The summed E-state index contributed by atoms with van der Waals surface area (Å²) < 4.78 is 22.2. The Bertz CT molecular complexity index is 912. The van der Waals surface area contributed by atoms with Crippen molar-refractivity contribution in [1.82, 2.24) is 0 Å². The average Bonchev–Trinajstić information content (AvgIpc) is 2.81. The zero-order chi connectivity index (χ0) is 21.9. The predicted molar refractivity (Wildman–Crippen MR) is 123 cm³/mol. The Hall–Kier alpha value is -3.02. The van der Waals surface area contributed by atoms with Gasteiger partial charge in [-0.2, -0.15) is 0 Å². The summed E-state index contributed by atoms with van der Waals surface area (Å²) in [5.41, 5.74) is 9.77. The van der Waals surface area contributed by atoms with Crippen molar-refractivity contribution in [2.24, 2.45) is 5.73 Å². The van der Waals surface area contributed by atoms with E-state index in [-0.39, 0.29) is 6.04 Å². The van der Waals surface area contributed by atoms with Crippen LogP contribution in [0.5, 0.6) is 17.2 Å². The molecule has 0 radical (unpaired) electrons. The second-order valence-corrected chi connectivity index (χ2v) is 7.33. The van der Waals surface area contributed by atoms with Gasteiger partial charge in [0.2, 0.25) is 0 Å². The van der Waals surface area contributed by atoms with Crippen molar-refractivity contribution in [1.29, 1.82) is 0 Å². The van der Waals surface area contributed by atoms with Gasteiger partial charge in [0.15, 0.2) is 11.5 Å². The fourth-order valence-corrected chi connectivity index (χ4v) is 3.27. The average molecular weight is 422 g/mol. The predicted octanol–water partition coefficient (Wildman–Crippen LogP) is 4.93. The summed E-state index contributed by atoms with van der Waals surface area (Å²) in [6.07, 6.45) is 1.52. The second kappa shape index (κ2) is 12.0. The molecule has 3 rings (SSSR count). The molecule has 0 aliphatic carbocycles. The highest BCUT2D eigenvalue weighted by molar-refractivity contribution is 5.43. The van der Waals surface area contributed by atoms with E-state index in [0.717, 1.165) is 40.4 Å². The maximum absolute atomic E-state index is 6.47. The third kappa shape index (κ3) is 7.02. The summed E-state index contributed by atoms with van der Waals surface area (Å²) in [6, 6.07) is 23.9. The Labute approximate surface area is 184 Å². The Balaban J connectivity index is 1.58. The number of rotatable bonds is 12. The van der Waals surface area contributed by atoms with Crippen LogP contribution in [0, 0.1) is 0 Å². The number of ether oxygens (including phenoxy) is 4. The van der Waals surface area contributed by atoms with Crippen molar-refractivity contribution in [3.05, 3.63) is 89.5 Å². The quantitative estimate of drug-likeness (QED) is 0.420. The lowest BCUT2D eigenvalue weighted by Crippen LogP contribution is -2.13. The van der Waals surface area contributed by atoms with Gasteiger partial charge in [0.05, 0.1) is 13.7 Å². The molecule has 0 saturated carbocycles. The van der Waals surface area contributed by atoms with Crippen LogP contribution in [0.3, 0.4) is 0 Å². The zero-order valence-corrected chi connectivity index (χ0v) is 18.3. The molecule has 3 aromatic rings. The lowest BCUT2D eigenvalue weighted by molar-refractivity contribution is 0.170. The Morgan fingerprint density at radius 3 is 2.26 bits per heavy atom. The number of hydrogen-bond acceptors (Lipinski definition) is 5. The Morgan fingerprint density at radius 1 is 0.774 bits per heavy atom. The van der Waals surface area contributed by atoms with Gasteiger partial charge < -0.3 is 24.7 Å². The number of methoxy groups -OCH3 is 2. The number of benzene rings is 3. The first-order valence-corrected chi connectivity index (χ1v) is 10.5. The third-order valence-electron chi connectivity index (χ3n) is 4.99. The highest BCUT2D eigenvalue weighted by Gasteiger charge is 2.11. The van der Waals surface area contributed by atoms with Gasteiger partial charge in [0.1, 0.15) is 12.4 Å². The van der Waals surface area contributed by atoms with Crippen LogP contribution in [-0.2, 0) is 17.8 Å². The molecule has 5 nitrogen and oxygen atoms in total. The van der Waals surface area contributed by atoms with E-state index in [1.54, 1.807) is 14.2 Å². The van der Waals surface area contributed by atoms with Crippen molar-refractivity contribution in [3.8, 4) is 17.2 Å². The lowest BCUT2D eigenvalue weighted by atomic mass is 9.99. The minimum atomic E-state index is -0.127. The minimum Gasteiger partial charge on any atom is -0.493 e. The molecule has 0 aliphatic rings. The largest absolute Gasteiger partial charge is 0.493 e. The maximum Gasteiger partial charge on any atom is 0.161 e. The van der Waals surface area contributed by atoms with Crippen LogP contribution in [0.4, 0.5) is 0 Å². The van der Waals surface area contributed by atoms with E-state index in [0.29, 0.717) is 26.2 Å². The van der Waals surface area contributed by atoms with Crippen LogP contribution < -0.4 is 19.9 Å². The SMILES string of the molecule is COCCCOc1cc(CC(N)c2ccc(OCc3ccccc3)cc2)ccc1OC. The molecule has 1 unspecified atom stereocenters. The molecule has 0 aliphatic heterocycles. The lowest BCUT2D eigenvalue weighted by Gasteiger charge is -2.16. The monoisotopic (exact) mass is 421 g/mol. The molecular weight excluding hydrogens is 390 g/mol. The van der Waals surface area contributed by atoms with E-state index in [4.69, 9.17) is 24.7 Å². The summed E-state index contributed by atoms with van der Waals surface area (Å²) in [4.78, 5) is 0. The van der Waals surface area contributed by atoms with Crippen LogP contribution >= 0.6 is 0 Å². The van der Waals surface area contributed by atoms with Crippen LogP contribution in [0.15, 0.2) is 72.8 Å². The standard InChI is InChI=1S/C26H31NO4/c1-28-15-6-16-30-26-18-21(9-14-25(26)29-2)17-24(27)22-10-12-23(13-11-22)31-19-20-7-4-3-5-8-20/h3-5,7-14,18,24H,6,15-17,19,27H2,1-2H3. The summed E-state index contributed by atoms with van der Waals surface area (Å²) >= 11 is 0. The molecule has 2 N–H and O–H groups in total.